The highest BCUT2D eigenvalue weighted by atomic mass is 19.1. The van der Waals surface area contributed by atoms with Crippen molar-refractivity contribution in [2.75, 3.05) is 11.9 Å². The highest BCUT2D eigenvalue weighted by molar-refractivity contribution is 5.66. The molecule has 0 aliphatic heterocycles. The highest BCUT2D eigenvalue weighted by Gasteiger charge is 2.11. The molecule has 23 heavy (non-hydrogen) atoms. The molecule has 0 spiro atoms. The molecule has 4 nitrogen and oxygen atoms in total. The summed E-state index contributed by atoms with van der Waals surface area (Å²) in [5.74, 6) is 0.713. The predicted octanol–water partition coefficient (Wildman–Crippen LogP) is 3.94. The largest absolute Gasteiger partial charge is 0.366 e. The molecule has 0 saturated heterocycles. The van der Waals surface area contributed by atoms with E-state index < -0.39 is 0 Å². The number of rotatable bonds is 5. The van der Waals surface area contributed by atoms with Crippen LogP contribution in [0.25, 0.3) is 22.8 Å². The Bertz CT molecular complexity index is 818. The van der Waals surface area contributed by atoms with E-state index in [2.05, 4.69) is 26.8 Å². The maximum atomic E-state index is 14.1. The molecule has 0 amide bonds. The molecule has 0 fully saturated rings. The van der Waals surface area contributed by atoms with E-state index in [-0.39, 0.29) is 5.82 Å². The molecular formula is C18H15FN4. The topological polar surface area (TPSA) is 50.7 Å². The van der Waals surface area contributed by atoms with Gasteiger partial charge in [0, 0.05) is 24.4 Å². The Morgan fingerprint density at radius 2 is 1.87 bits per heavy atom. The molecule has 0 radical (unpaired) electrons. The minimum Gasteiger partial charge on any atom is -0.366 e. The van der Waals surface area contributed by atoms with E-state index >= 15 is 0 Å². The predicted molar refractivity (Wildman–Crippen MR) is 89.3 cm³/mol. The molecule has 5 heteroatoms. The molecule has 2 aromatic heterocycles. The normalized spacial score (nSPS) is 10.3. The van der Waals surface area contributed by atoms with Gasteiger partial charge < -0.3 is 5.32 Å². The van der Waals surface area contributed by atoms with Crippen molar-refractivity contribution < 1.29 is 4.39 Å². The van der Waals surface area contributed by atoms with Crippen LogP contribution in [0.4, 0.5) is 10.2 Å². The summed E-state index contributed by atoms with van der Waals surface area (Å²) in [6, 6.07) is 13.7. The van der Waals surface area contributed by atoms with Gasteiger partial charge in [0.05, 0.1) is 5.69 Å². The lowest BCUT2D eigenvalue weighted by Gasteiger charge is -2.09. The van der Waals surface area contributed by atoms with Crippen molar-refractivity contribution in [1.82, 2.24) is 15.0 Å². The fourth-order valence-electron chi connectivity index (χ4n) is 2.13. The molecular weight excluding hydrogens is 291 g/mol. The molecule has 0 atom stereocenters. The van der Waals surface area contributed by atoms with Crippen LogP contribution in [-0.2, 0) is 0 Å². The van der Waals surface area contributed by atoms with Crippen LogP contribution in [0.15, 0.2) is 67.4 Å². The van der Waals surface area contributed by atoms with E-state index in [4.69, 9.17) is 0 Å². The Hall–Kier alpha value is -3.08. The van der Waals surface area contributed by atoms with E-state index in [0.29, 0.717) is 35.1 Å². The Morgan fingerprint density at radius 3 is 2.61 bits per heavy atom. The van der Waals surface area contributed by atoms with Crippen LogP contribution in [0.2, 0.25) is 0 Å². The van der Waals surface area contributed by atoms with E-state index in [0.717, 1.165) is 0 Å². The van der Waals surface area contributed by atoms with Gasteiger partial charge >= 0.3 is 0 Å². The quantitative estimate of drug-likeness (QED) is 0.725. The maximum absolute atomic E-state index is 14.1. The second-order valence-corrected chi connectivity index (χ2v) is 4.83. The molecule has 1 aromatic carbocycles. The summed E-state index contributed by atoms with van der Waals surface area (Å²) in [7, 11) is 0. The summed E-state index contributed by atoms with van der Waals surface area (Å²) in [6.45, 7) is 4.22. The number of aromatic nitrogens is 3. The summed E-state index contributed by atoms with van der Waals surface area (Å²) in [4.78, 5) is 13.2. The number of nitrogens with one attached hydrogen (secondary N) is 1. The third-order valence-electron chi connectivity index (χ3n) is 3.20. The van der Waals surface area contributed by atoms with Gasteiger partial charge in [-0.2, -0.15) is 0 Å². The monoisotopic (exact) mass is 306 g/mol. The minimum absolute atomic E-state index is 0.326. The van der Waals surface area contributed by atoms with Gasteiger partial charge in [0.2, 0.25) is 0 Å². The second kappa shape index (κ2) is 6.79. The van der Waals surface area contributed by atoms with Gasteiger partial charge in [-0.15, -0.1) is 6.58 Å². The molecule has 3 rings (SSSR count). The summed E-state index contributed by atoms with van der Waals surface area (Å²) >= 11 is 0. The Balaban J connectivity index is 2.12. The van der Waals surface area contributed by atoms with Crippen LogP contribution in [0, 0.1) is 5.82 Å². The van der Waals surface area contributed by atoms with Crippen LogP contribution >= 0.6 is 0 Å². The standard InChI is InChI=1S/C18H15FN4/c1-2-10-21-17-12-16(13-7-3-4-8-14(13)19)22-18(23-17)15-9-5-6-11-20-15/h2-9,11-12H,1,10H2,(H,21,22,23). The number of halogens is 1. The van der Waals surface area contributed by atoms with E-state index in [1.54, 1.807) is 36.5 Å². The van der Waals surface area contributed by atoms with Gasteiger partial charge in [-0.05, 0) is 24.3 Å². The minimum atomic E-state index is -0.326. The first-order valence-electron chi connectivity index (χ1n) is 7.18. The molecule has 0 unspecified atom stereocenters. The fourth-order valence-corrected chi connectivity index (χ4v) is 2.13. The SMILES string of the molecule is C=CCNc1cc(-c2ccccc2F)nc(-c2ccccn2)n1. The molecule has 2 heterocycles. The molecule has 0 aliphatic carbocycles. The van der Waals surface area contributed by atoms with Crippen molar-refractivity contribution in [3.05, 3.63) is 73.2 Å². The summed E-state index contributed by atoms with van der Waals surface area (Å²) in [5, 5.41) is 3.11. The van der Waals surface area contributed by atoms with Crippen molar-refractivity contribution in [1.29, 1.82) is 0 Å². The van der Waals surface area contributed by atoms with Gasteiger partial charge in [0.1, 0.15) is 17.3 Å². The number of anilines is 1. The lowest BCUT2D eigenvalue weighted by molar-refractivity contribution is 0.630. The smallest absolute Gasteiger partial charge is 0.180 e. The summed E-state index contributed by atoms with van der Waals surface area (Å²) in [5.41, 5.74) is 1.56. The molecule has 0 bridgehead atoms. The van der Waals surface area contributed by atoms with Crippen molar-refractivity contribution >= 4 is 5.82 Å². The number of hydrogen-bond donors (Lipinski definition) is 1. The first-order chi connectivity index (χ1) is 11.3. The van der Waals surface area contributed by atoms with Crippen molar-refractivity contribution in [2.45, 2.75) is 0 Å². The lowest BCUT2D eigenvalue weighted by atomic mass is 10.1. The average Bonchev–Trinajstić information content (AvgIpc) is 2.61. The van der Waals surface area contributed by atoms with E-state index in [1.165, 1.54) is 6.07 Å². The zero-order valence-corrected chi connectivity index (χ0v) is 12.4. The molecule has 0 aliphatic rings. The fraction of sp³-hybridized carbons (Fsp3) is 0.0556. The molecule has 3 aromatic rings. The Labute approximate surface area is 133 Å². The molecule has 1 N–H and O–H groups in total. The van der Waals surface area contributed by atoms with Crippen LogP contribution < -0.4 is 5.32 Å². The van der Waals surface area contributed by atoms with Crippen LogP contribution in [0.5, 0.6) is 0 Å². The number of benzene rings is 1. The third-order valence-corrected chi connectivity index (χ3v) is 3.20. The number of pyridine rings is 1. The van der Waals surface area contributed by atoms with E-state index in [1.807, 2.05) is 18.2 Å². The van der Waals surface area contributed by atoms with Crippen LogP contribution in [0.1, 0.15) is 0 Å². The van der Waals surface area contributed by atoms with E-state index in [9.17, 15) is 4.39 Å². The van der Waals surface area contributed by atoms with Gasteiger partial charge in [-0.25, -0.2) is 14.4 Å². The number of nitrogens with zero attached hydrogens (tertiary/aromatic N) is 3. The van der Waals surface area contributed by atoms with Crippen LogP contribution in [0.3, 0.4) is 0 Å². The molecule has 0 saturated carbocycles. The Morgan fingerprint density at radius 1 is 1.04 bits per heavy atom. The summed E-state index contributed by atoms with van der Waals surface area (Å²) < 4.78 is 14.1. The van der Waals surface area contributed by atoms with Gasteiger partial charge in [0.25, 0.3) is 0 Å². The zero-order valence-electron chi connectivity index (χ0n) is 12.4. The van der Waals surface area contributed by atoms with Crippen molar-refractivity contribution in [3.63, 3.8) is 0 Å². The van der Waals surface area contributed by atoms with Gasteiger partial charge in [-0.1, -0.05) is 24.3 Å². The van der Waals surface area contributed by atoms with Gasteiger partial charge in [0.15, 0.2) is 5.82 Å². The number of hydrogen-bond acceptors (Lipinski definition) is 4. The Kier molecular flexibility index (Phi) is 4.38. The van der Waals surface area contributed by atoms with Crippen molar-refractivity contribution in [2.24, 2.45) is 0 Å². The van der Waals surface area contributed by atoms with Crippen molar-refractivity contribution in [3.8, 4) is 22.8 Å². The van der Waals surface area contributed by atoms with Crippen LogP contribution in [-0.4, -0.2) is 21.5 Å². The zero-order chi connectivity index (χ0) is 16.1. The average molecular weight is 306 g/mol. The first kappa shape index (κ1) is 14.8. The lowest BCUT2D eigenvalue weighted by Crippen LogP contribution is -2.04. The third kappa shape index (κ3) is 3.40. The second-order valence-electron chi connectivity index (χ2n) is 4.83. The highest BCUT2D eigenvalue weighted by Crippen LogP contribution is 2.25. The maximum Gasteiger partial charge on any atom is 0.180 e. The first-order valence-corrected chi connectivity index (χ1v) is 7.18. The molecule has 114 valence electrons. The van der Waals surface area contributed by atoms with Gasteiger partial charge in [-0.3, -0.25) is 4.98 Å². The summed E-state index contributed by atoms with van der Waals surface area (Å²) in [6.07, 6.45) is 3.40.